The highest BCUT2D eigenvalue weighted by atomic mass is 32.2. The van der Waals surface area contributed by atoms with E-state index in [1.807, 2.05) is 11.0 Å². The molecule has 1 fully saturated rings. The first kappa shape index (κ1) is 23.9. The third-order valence-electron chi connectivity index (χ3n) is 5.50. The van der Waals surface area contributed by atoms with Gasteiger partial charge in [0.2, 0.25) is 10.0 Å². The average molecular weight is 500 g/mol. The van der Waals surface area contributed by atoms with Crippen molar-refractivity contribution in [3.63, 3.8) is 0 Å². The molecular formula is C20H20N8O6S. The van der Waals surface area contributed by atoms with Crippen molar-refractivity contribution in [2.24, 2.45) is 0 Å². The molecule has 0 amide bonds. The molecular weight excluding hydrogens is 480 g/mol. The molecule has 1 saturated heterocycles. The first-order valence-electron chi connectivity index (χ1n) is 10.4. The smallest absolute Gasteiger partial charge is 0.280 e. The molecule has 1 aliphatic heterocycles. The summed E-state index contributed by atoms with van der Waals surface area (Å²) in [6, 6.07) is 8.84. The van der Waals surface area contributed by atoms with Crippen LogP contribution in [0.3, 0.4) is 0 Å². The number of piperazine rings is 1. The van der Waals surface area contributed by atoms with E-state index in [1.165, 1.54) is 6.92 Å². The molecule has 0 saturated carbocycles. The van der Waals surface area contributed by atoms with Crippen molar-refractivity contribution in [2.45, 2.75) is 11.8 Å². The molecule has 0 spiro atoms. The molecule has 35 heavy (non-hydrogen) atoms. The van der Waals surface area contributed by atoms with Crippen LogP contribution >= 0.6 is 0 Å². The van der Waals surface area contributed by atoms with E-state index in [9.17, 15) is 28.6 Å². The Labute approximate surface area is 199 Å². The van der Waals surface area contributed by atoms with Crippen molar-refractivity contribution in [3.8, 4) is 0 Å². The number of pyridine rings is 1. The molecule has 0 radical (unpaired) electrons. The lowest BCUT2D eigenvalue weighted by Crippen LogP contribution is -2.49. The van der Waals surface area contributed by atoms with Crippen LogP contribution in [0.2, 0.25) is 0 Å². The van der Waals surface area contributed by atoms with Crippen molar-refractivity contribution in [2.75, 3.05) is 36.4 Å². The summed E-state index contributed by atoms with van der Waals surface area (Å²) in [7, 11) is -4.19. The van der Waals surface area contributed by atoms with Crippen LogP contribution in [-0.4, -0.2) is 63.9 Å². The minimum Gasteiger partial charge on any atom is -0.352 e. The number of nitrogens with zero attached hydrogens (tertiary/aromatic N) is 7. The number of hydrogen-bond donors (Lipinski definition) is 1. The second kappa shape index (κ2) is 9.55. The van der Waals surface area contributed by atoms with Gasteiger partial charge in [-0.15, -0.1) is 10.2 Å². The topological polar surface area (TPSA) is 178 Å². The maximum atomic E-state index is 13.1. The summed E-state index contributed by atoms with van der Waals surface area (Å²) in [5.41, 5.74) is -0.688. The molecule has 182 valence electrons. The average Bonchev–Trinajstić information content (AvgIpc) is 2.85. The molecule has 3 aromatic rings. The zero-order valence-electron chi connectivity index (χ0n) is 18.4. The zero-order chi connectivity index (χ0) is 25.2. The zero-order valence-corrected chi connectivity index (χ0v) is 19.3. The molecule has 15 heteroatoms. The van der Waals surface area contributed by atoms with Gasteiger partial charge in [-0.2, -0.15) is 4.31 Å². The van der Waals surface area contributed by atoms with Gasteiger partial charge in [-0.25, -0.2) is 8.42 Å². The van der Waals surface area contributed by atoms with Gasteiger partial charge < -0.3 is 10.2 Å². The largest absolute Gasteiger partial charge is 0.352 e. The second-order valence-corrected chi connectivity index (χ2v) is 9.57. The Morgan fingerprint density at radius 3 is 2.14 bits per heavy atom. The maximum Gasteiger partial charge on any atom is 0.280 e. The fourth-order valence-electron chi connectivity index (χ4n) is 3.64. The summed E-state index contributed by atoms with van der Waals surface area (Å²) >= 11 is 0. The van der Waals surface area contributed by atoms with Gasteiger partial charge in [0.05, 0.1) is 26.6 Å². The van der Waals surface area contributed by atoms with Crippen molar-refractivity contribution in [1.29, 1.82) is 0 Å². The third kappa shape index (κ3) is 4.99. The maximum absolute atomic E-state index is 13.1. The van der Waals surface area contributed by atoms with Crippen LogP contribution in [0.4, 0.5) is 28.7 Å². The molecule has 0 bridgehead atoms. The molecule has 3 heterocycles. The summed E-state index contributed by atoms with van der Waals surface area (Å²) in [4.78, 5) is 26.4. The van der Waals surface area contributed by atoms with Crippen LogP contribution in [-0.2, 0) is 10.0 Å². The minimum atomic E-state index is -4.19. The Bertz CT molecular complexity index is 1330. The van der Waals surface area contributed by atoms with E-state index in [4.69, 9.17) is 0 Å². The molecule has 1 aliphatic rings. The van der Waals surface area contributed by atoms with Crippen molar-refractivity contribution >= 4 is 38.7 Å². The third-order valence-corrected chi connectivity index (χ3v) is 7.38. The summed E-state index contributed by atoms with van der Waals surface area (Å²) in [5, 5.41) is 34.0. The van der Waals surface area contributed by atoms with Gasteiger partial charge in [0.1, 0.15) is 5.56 Å². The Balaban J connectivity index is 1.47. The lowest BCUT2D eigenvalue weighted by Gasteiger charge is -2.34. The predicted octanol–water partition coefficient (Wildman–Crippen LogP) is 2.25. The lowest BCUT2D eigenvalue weighted by atomic mass is 10.1. The fourth-order valence-corrected chi connectivity index (χ4v) is 5.10. The highest BCUT2D eigenvalue weighted by molar-refractivity contribution is 7.89. The SMILES string of the molecule is Cc1c([N+](=O)[O-])cc(S(=O)(=O)N2CCN(c3ccc(Nc4cccnc4)nn3)CC2)cc1[N+](=O)[O-]. The van der Waals surface area contributed by atoms with Crippen LogP contribution in [0.1, 0.15) is 5.56 Å². The van der Waals surface area contributed by atoms with Gasteiger partial charge in [-0.1, -0.05) is 0 Å². The van der Waals surface area contributed by atoms with Gasteiger partial charge in [-0.3, -0.25) is 25.2 Å². The quantitative estimate of drug-likeness (QED) is 0.371. The number of sulfonamides is 1. The highest BCUT2D eigenvalue weighted by Crippen LogP contribution is 2.33. The molecule has 2 aromatic heterocycles. The Kier molecular flexibility index (Phi) is 6.52. The van der Waals surface area contributed by atoms with Crippen LogP contribution in [0.5, 0.6) is 0 Å². The van der Waals surface area contributed by atoms with E-state index in [1.54, 1.807) is 30.6 Å². The van der Waals surface area contributed by atoms with E-state index in [0.29, 0.717) is 24.7 Å². The van der Waals surface area contributed by atoms with E-state index in [-0.39, 0.29) is 18.7 Å². The number of rotatable bonds is 7. The van der Waals surface area contributed by atoms with E-state index < -0.39 is 36.1 Å². The molecule has 14 nitrogen and oxygen atoms in total. The molecule has 0 unspecified atom stereocenters. The number of nitro benzene ring substituents is 2. The van der Waals surface area contributed by atoms with Gasteiger partial charge >= 0.3 is 0 Å². The molecule has 1 N–H and O–H groups in total. The van der Waals surface area contributed by atoms with Crippen molar-refractivity contribution in [1.82, 2.24) is 19.5 Å². The standard InChI is InChI=1S/C20H20N8O6S/c1-14-17(27(29)30)11-16(12-18(14)28(31)32)35(33,34)26-9-7-25(8-10-26)20-5-4-19(23-24-20)22-15-3-2-6-21-13-15/h2-6,11-13H,7-10H2,1H3,(H,22,23). The van der Waals surface area contributed by atoms with E-state index in [2.05, 4.69) is 20.5 Å². The predicted molar refractivity (Wildman–Crippen MR) is 125 cm³/mol. The summed E-state index contributed by atoms with van der Waals surface area (Å²) < 4.78 is 27.4. The first-order chi connectivity index (χ1) is 16.7. The minimum absolute atomic E-state index is 0.0647. The number of benzene rings is 1. The number of nitrogens with one attached hydrogen (secondary N) is 1. The summed E-state index contributed by atoms with van der Waals surface area (Å²) in [6.07, 6.45) is 3.30. The number of hydrogen-bond acceptors (Lipinski definition) is 11. The van der Waals surface area contributed by atoms with Crippen LogP contribution in [0.15, 0.2) is 53.7 Å². The van der Waals surface area contributed by atoms with Crippen molar-refractivity contribution in [3.05, 3.63) is 74.6 Å². The lowest BCUT2D eigenvalue weighted by molar-refractivity contribution is -0.395. The molecule has 0 aliphatic carbocycles. The first-order valence-corrected chi connectivity index (χ1v) is 11.8. The fraction of sp³-hybridized carbons (Fsp3) is 0.250. The highest BCUT2D eigenvalue weighted by Gasteiger charge is 2.33. The van der Waals surface area contributed by atoms with E-state index >= 15 is 0 Å². The summed E-state index contributed by atoms with van der Waals surface area (Å²) in [5.74, 6) is 1.07. The van der Waals surface area contributed by atoms with Gasteiger partial charge in [0, 0.05) is 44.5 Å². The molecule has 1 aromatic carbocycles. The van der Waals surface area contributed by atoms with Crippen molar-refractivity contribution < 1.29 is 18.3 Å². The Hall–Kier alpha value is -4.24. The van der Waals surface area contributed by atoms with Crippen LogP contribution < -0.4 is 10.2 Å². The Morgan fingerprint density at radius 1 is 0.971 bits per heavy atom. The van der Waals surface area contributed by atoms with Gasteiger partial charge in [0.15, 0.2) is 11.6 Å². The number of anilines is 3. The Morgan fingerprint density at radius 2 is 1.63 bits per heavy atom. The second-order valence-electron chi connectivity index (χ2n) is 7.64. The van der Waals surface area contributed by atoms with E-state index in [0.717, 1.165) is 22.1 Å². The van der Waals surface area contributed by atoms with Gasteiger partial charge in [0.25, 0.3) is 11.4 Å². The van der Waals surface area contributed by atoms with Crippen LogP contribution in [0.25, 0.3) is 0 Å². The number of nitro groups is 2. The van der Waals surface area contributed by atoms with Crippen LogP contribution in [0, 0.1) is 27.2 Å². The number of aromatic nitrogens is 3. The molecule has 0 atom stereocenters. The normalized spacial score (nSPS) is 14.5. The summed E-state index contributed by atoms with van der Waals surface area (Å²) in [6.45, 7) is 1.92. The monoisotopic (exact) mass is 500 g/mol. The molecule has 4 rings (SSSR count). The van der Waals surface area contributed by atoms with Gasteiger partial charge in [-0.05, 0) is 31.2 Å².